The van der Waals surface area contributed by atoms with Crippen LogP contribution in [0, 0.1) is 0 Å². The molecule has 0 fully saturated rings. The molecule has 4 aromatic rings. The molecule has 0 saturated heterocycles. The summed E-state index contributed by atoms with van der Waals surface area (Å²) >= 11 is 0. The Morgan fingerprint density at radius 1 is 0.773 bits per heavy atom. The highest BCUT2D eigenvalue weighted by Crippen LogP contribution is 2.37. The van der Waals surface area contributed by atoms with Crippen molar-refractivity contribution in [1.29, 1.82) is 0 Å². The number of benzene rings is 4. The molecule has 0 saturated carbocycles. The molecule has 0 heterocycles. The van der Waals surface area contributed by atoms with Gasteiger partial charge in [-0.3, -0.25) is 0 Å². The maximum atomic E-state index is 11.8. The summed E-state index contributed by atoms with van der Waals surface area (Å²) in [5.41, 5.74) is 0.575. The first kappa shape index (κ1) is 12.9. The van der Waals surface area contributed by atoms with Gasteiger partial charge in [-0.1, -0.05) is 24.3 Å². The van der Waals surface area contributed by atoms with E-state index in [9.17, 15) is 4.79 Å². The van der Waals surface area contributed by atoms with Gasteiger partial charge >= 0.3 is 5.97 Å². The molecule has 0 aliphatic heterocycles. The second kappa shape index (κ2) is 4.60. The van der Waals surface area contributed by atoms with Crippen LogP contribution in [-0.4, -0.2) is 20.2 Å². The minimum Gasteiger partial charge on any atom is -0.497 e. The molecule has 0 unspecified atom stereocenters. The van der Waals surface area contributed by atoms with Crippen LogP contribution in [0.3, 0.4) is 0 Å². The fourth-order valence-corrected chi connectivity index (χ4v) is 3.16. The molecule has 0 N–H and O–H groups in total. The normalized spacial score (nSPS) is 11.4. The fourth-order valence-electron chi connectivity index (χ4n) is 3.16. The lowest BCUT2D eigenvalue weighted by Crippen LogP contribution is -2.01. The van der Waals surface area contributed by atoms with Crippen LogP contribution in [0.5, 0.6) is 5.75 Å². The first-order valence-corrected chi connectivity index (χ1v) is 7.06. The van der Waals surface area contributed by atoms with Crippen molar-refractivity contribution >= 4 is 38.3 Å². The summed E-state index contributed by atoms with van der Waals surface area (Å²) in [5, 5.41) is 6.73. The Hall–Kier alpha value is -2.81. The lowest BCUT2D eigenvalue weighted by atomic mass is 9.93. The van der Waals surface area contributed by atoms with E-state index in [1.54, 1.807) is 7.11 Å². The molecule has 4 aromatic carbocycles. The number of carbonyl (C=O) groups is 1. The quantitative estimate of drug-likeness (QED) is 0.406. The largest absolute Gasteiger partial charge is 0.497 e. The monoisotopic (exact) mass is 290 g/mol. The van der Waals surface area contributed by atoms with Crippen LogP contribution in [-0.2, 0) is 4.74 Å². The van der Waals surface area contributed by atoms with E-state index in [0.717, 1.165) is 27.3 Å². The van der Waals surface area contributed by atoms with Gasteiger partial charge in [0.25, 0.3) is 0 Å². The zero-order valence-corrected chi connectivity index (χ0v) is 12.3. The fraction of sp³-hybridized carbons (Fsp3) is 0.105. The lowest BCUT2D eigenvalue weighted by Gasteiger charge is -2.13. The first-order valence-electron chi connectivity index (χ1n) is 7.06. The van der Waals surface area contributed by atoms with Gasteiger partial charge in [0.15, 0.2) is 0 Å². The van der Waals surface area contributed by atoms with E-state index in [2.05, 4.69) is 12.1 Å². The maximum Gasteiger partial charge on any atom is 0.337 e. The first-order chi connectivity index (χ1) is 10.7. The molecule has 0 bridgehead atoms. The van der Waals surface area contributed by atoms with E-state index in [1.807, 2.05) is 36.4 Å². The Labute approximate surface area is 127 Å². The third-order valence-electron chi connectivity index (χ3n) is 4.16. The van der Waals surface area contributed by atoms with Gasteiger partial charge in [0.2, 0.25) is 0 Å². The van der Waals surface area contributed by atoms with Crippen molar-refractivity contribution in [2.24, 2.45) is 0 Å². The summed E-state index contributed by atoms with van der Waals surface area (Å²) < 4.78 is 10.2. The Morgan fingerprint density at radius 3 is 1.64 bits per heavy atom. The van der Waals surface area contributed by atoms with Crippen molar-refractivity contribution in [2.45, 2.75) is 0 Å². The summed E-state index contributed by atoms with van der Waals surface area (Å²) in [6, 6.07) is 16.0. The van der Waals surface area contributed by atoms with Crippen molar-refractivity contribution < 1.29 is 14.3 Å². The molecule has 108 valence electrons. The van der Waals surface area contributed by atoms with Crippen LogP contribution in [0.4, 0.5) is 0 Å². The summed E-state index contributed by atoms with van der Waals surface area (Å²) in [5.74, 6) is 0.535. The third kappa shape index (κ3) is 1.72. The van der Waals surface area contributed by atoms with Crippen molar-refractivity contribution in [3.8, 4) is 5.75 Å². The van der Waals surface area contributed by atoms with E-state index in [1.165, 1.54) is 17.9 Å². The molecule has 0 amide bonds. The lowest BCUT2D eigenvalue weighted by molar-refractivity contribution is 0.0601. The molecule has 0 aliphatic rings. The Morgan fingerprint density at radius 2 is 1.23 bits per heavy atom. The van der Waals surface area contributed by atoms with Crippen LogP contribution in [0.1, 0.15) is 10.4 Å². The average molecular weight is 290 g/mol. The number of ether oxygens (including phenoxy) is 2. The van der Waals surface area contributed by atoms with E-state index in [-0.39, 0.29) is 5.97 Å². The number of carbonyl (C=O) groups excluding carboxylic acids is 1. The maximum absolute atomic E-state index is 11.8. The zero-order valence-electron chi connectivity index (χ0n) is 12.3. The zero-order chi connectivity index (χ0) is 15.3. The van der Waals surface area contributed by atoms with Crippen LogP contribution in [0.25, 0.3) is 32.3 Å². The highest BCUT2D eigenvalue weighted by atomic mass is 16.5. The predicted octanol–water partition coefficient (Wildman–Crippen LogP) is 4.38. The number of hydrogen-bond acceptors (Lipinski definition) is 3. The van der Waals surface area contributed by atoms with E-state index < -0.39 is 0 Å². The molecule has 3 nitrogen and oxygen atoms in total. The van der Waals surface area contributed by atoms with Crippen LogP contribution < -0.4 is 4.74 Å². The van der Waals surface area contributed by atoms with Gasteiger partial charge in [-0.2, -0.15) is 0 Å². The second-order valence-electron chi connectivity index (χ2n) is 5.37. The summed E-state index contributed by atoms with van der Waals surface area (Å²) in [6.45, 7) is 0. The predicted molar refractivity (Wildman–Crippen MR) is 88.0 cm³/mol. The van der Waals surface area contributed by atoms with E-state index >= 15 is 0 Å². The van der Waals surface area contributed by atoms with E-state index in [4.69, 9.17) is 9.47 Å². The van der Waals surface area contributed by atoms with Crippen molar-refractivity contribution in [2.75, 3.05) is 14.2 Å². The van der Waals surface area contributed by atoms with Crippen LogP contribution >= 0.6 is 0 Å². The van der Waals surface area contributed by atoms with Gasteiger partial charge in [-0.25, -0.2) is 4.79 Å². The number of methoxy groups -OCH3 is 2. The number of esters is 1. The molecule has 0 radical (unpaired) electrons. The topological polar surface area (TPSA) is 35.5 Å². The molecule has 0 aliphatic carbocycles. The van der Waals surface area contributed by atoms with Gasteiger partial charge in [0.1, 0.15) is 5.75 Å². The molecular weight excluding hydrogens is 276 g/mol. The summed E-state index contributed by atoms with van der Waals surface area (Å²) in [4.78, 5) is 11.8. The van der Waals surface area contributed by atoms with Gasteiger partial charge in [-0.15, -0.1) is 0 Å². The SMILES string of the molecule is COC(=O)c1cc2ccc3cc(OC)cc4ccc(c1)c2c34. The van der Waals surface area contributed by atoms with Gasteiger partial charge in [-0.05, 0) is 56.6 Å². The molecule has 0 aromatic heterocycles. The minimum absolute atomic E-state index is 0.313. The van der Waals surface area contributed by atoms with E-state index in [0.29, 0.717) is 5.56 Å². The van der Waals surface area contributed by atoms with Crippen LogP contribution in [0.2, 0.25) is 0 Å². The standard InChI is InChI=1S/C19H14O3/c1-21-16-9-13-5-3-11-7-15(19(20)22-2)8-12-4-6-14(10-16)18(13)17(11)12/h3-10H,1-2H3. The molecule has 3 heteroatoms. The highest BCUT2D eigenvalue weighted by molar-refractivity contribution is 6.24. The van der Waals surface area contributed by atoms with Gasteiger partial charge in [0.05, 0.1) is 19.8 Å². The van der Waals surface area contributed by atoms with Crippen molar-refractivity contribution in [3.05, 3.63) is 54.1 Å². The number of rotatable bonds is 2. The summed E-state index contributed by atoms with van der Waals surface area (Å²) in [7, 11) is 3.08. The van der Waals surface area contributed by atoms with Crippen molar-refractivity contribution in [3.63, 3.8) is 0 Å². The minimum atomic E-state index is -0.313. The van der Waals surface area contributed by atoms with Gasteiger partial charge in [0, 0.05) is 0 Å². The highest BCUT2D eigenvalue weighted by Gasteiger charge is 2.13. The summed E-state index contributed by atoms with van der Waals surface area (Å²) in [6.07, 6.45) is 0. The Bertz CT molecular complexity index is 951. The molecular formula is C19H14O3. The molecule has 0 spiro atoms. The van der Waals surface area contributed by atoms with Crippen molar-refractivity contribution in [1.82, 2.24) is 0 Å². The Kier molecular flexibility index (Phi) is 2.70. The molecule has 22 heavy (non-hydrogen) atoms. The molecule has 0 atom stereocenters. The Balaban J connectivity index is 2.15. The smallest absolute Gasteiger partial charge is 0.337 e. The third-order valence-corrected chi connectivity index (χ3v) is 4.16. The van der Waals surface area contributed by atoms with Crippen LogP contribution in [0.15, 0.2) is 48.5 Å². The van der Waals surface area contributed by atoms with Gasteiger partial charge < -0.3 is 9.47 Å². The number of hydrogen-bond donors (Lipinski definition) is 0. The average Bonchev–Trinajstić information content (AvgIpc) is 2.58. The molecule has 4 rings (SSSR count). The second-order valence-corrected chi connectivity index (χ2v) is 5.37.